The standard InChI is InChI=1S/C13H17F2NO2/c1-13(2,3)18-12(17)16-8-7-9-10(14)5-4-6-11(9)15/h4-6H,7-8H2,1-3H3,(H,16,17). The first kappa shape index (κ1) is 14.4. The second-order valence-electron chi connectivity index (χ2n) is 4.88. The fraction of sp³-hybridized carbons (Fsp3) is 0.462. The van der Waals surface area contributed by atoms with E-state index in [1.165, 1.54) is 18.2 Å². The predicted molar refractivity (Wildman–Crippen MR) is 64.3 cm³/mol. The van der Waals surface area contributed by atoms with E-state index in [0.717, 1.165) is 0 Å². The van der Waals surface area contributed by atoms with Crippen molar-refractivity contribution in [2.75, 3.05) is 6.54 Å². The summed E-state index contributed by atoms with van der Waals surface area (Å²) in [5, 5.41) is 2.45. The Bertz CT molecular complexity index is 407. The quantitative estimate of drug-likeness (QED) is 0.903. The molecule has 0 radical (unpaired) electrons. The number of hydrogen-bond acceptors (Lipinski definition) is 2. The first-order chi connectivity index (χ1) is 8.29. The van der Waals surface area contributed by atoms with Crippen molar-refractivity contribution < 1.29 is 18.3 Å². The molecule has 0 bridgehead atoms. The van der Waals surface area contributed by atoms with Crippen LogP contribution in [0.3, 0.4) is 0 Å². The fourth-order valence-corrected chi connectivity index (χ4v) is 1.37. The zero-order valence-electron chi connectivity index (χ0n) is 10.7. The molecule has 1 rings (SSSR count). The van der Waals surface area contributed by atoms with Gasteiger partial charge in [-0.05, 0) is 39.3 Å². The monoisotopic (exact) mass is 257 g/mol. The van der Waals surface area contributed by atoms with Crippen molar-refractivity contribution in [2.45, 2.75) is 32.8 Å². The van der Waals surface area contributed by atoms with Gasteiger partial charge in [-0.3, -0.25) is 0 Å². The van der Waals surface area contributed by atoms with Crippen molar-refractivity contribution in [3.8, 4) is 0 Å². The number of hydrogen-bond donors (Lipinski definition) is 1. The Balaban J connectivity index is 2.45. The van der Waals surface area contributed by atoms with Gasteiger partial charge in [-0.1, -0.05) is 6.07 Å². The Kier molecular flexibility index (Phi) is 4.64. The molecule has 0 heterocycles. The average molecular weight is 257 g/mol. The van der Waals surface area contributed by atoms with Crippen molar-refractivity contribution in [1.82, 2.24) is 5.32 Å². The first-order valence-corrected chi connectivity index (χ1v) is 5.69. The lowest BCUT2D eigenvalue weighted by Gasteiger charge is -2.19. The predicted octanol–water partition coefficient (Wildman–Crippen LogP) is 3.03. The SMILES string of the molecule is CC(C)(C)OC(=O)NCCc1c(F)cccc1F. The minimum absolute atomic E-state index is 0.0337. The highest BCUT2D eigenvalue weighted by molar-refractivity contribution is 5.67. The van der Waals surface area contributed by atoms with Crippen LogP contribution in [0.15, 0.2) is 18.2 Å². The van der Waals surface area contributed by atoms with Crippen LogP contribution >= 0.6 is 0 Å². The van der Waals surface area contributed by atoms with Gasteiger partial charge in [-0.2, -0.15) is 0 Å². The molecule has 1 N–H and O–H groups in total. The Morgan fingerprint density at radius 1 is 1.28 bits per heavy atom. The van der Waals surface area contributed by atoms with Gasteiger partial charge >= 0.3 is 6.09 Å². The van der Waals surface area contributed by atoms with Crippen molar-refractivity contribution in [3.05, 3.63) is 35.4 Å². The van der Waals surface area contributed by atoms with E-state index in [4.69, 9.17) is 4.74 Å². The molecular weight excluding hydrogens is 240 g/mol. The normalized spacial score (nSPS) is 11.2. The highest BCUT2D eigenvalue weighted by Gasteiger charge is 2.16. The maximum Gasteiger partial charge on any atom is 0.407 e. The number of carbonyl (C=O) groups excluding carboxylic acids is 1. The van der Waals surface area contributed by atoms with Gasteiger partial charge in [0.05, 0.1) is 0 Å². The molecule has 0 spiro atoms. The summed E-state index contributed by atoms with van der Waals surface area (Å²) in [5.74, 6) is -1.22. The molecule has 0 aliphatic rings. The lowest BCUT2D eigenvalue weighted by atomic mass is 10.1. The van der Waals surface area contributed by atoms with Crippen molar-refractivity contribution in [2.24, 2.45) is 0 Å². The van der Waals surface area contributed by atoms with Gasteiger partial charge in [0.1, 0.15) is 17.2 Å². The molecule has 0 unspecified atom stereocenters. The Morgan fingerprint density at radius 3 is 2.33 bits per heavy atom. The summed E-state index contributed by atoms with van der Waals surface area (Å²) in [6.07, 6.45) is -0.517. The number of nitrogens with one attached hydrogen (secondary N) is 1. The maximum atomic E-state index is 13.3. The van der Waals surface area contributed by atoms with Crippen LogP contribution < -0.4 is 5.32 Å². The van der Waals surface area contributed by atoms with Gasteiger partial charge in [0.15, 0.2) is 0 Å². The summed E-state index contributed by atoms with van der Waals surface area (Å²) in [7, 11) is 0. The summed E-state index contributed by atoms with van der Waals surface area (Å²) in [6.45, 7) is 5.34. The molecule has 18 heavy (non-hydrogen) atoms. The van der Waals surface area contributed by atoms with Crippen molar-refractivity contribution in [3.63, 3.8) is 0 Å². The van der Waals surface area contributed by atoms with Crippen LogP contribution in [0.25, 0.3) is 0 Å². The molecule has 0 fully saturated rings. The van der Waals surface area contributed by atoms with E-state index in [-0.39, 0.29) is 18.5 Å². The smallest absolute Gasteiger partial charge is 0.407 e. The van der Waals surface area contributed by atoms with E-state index >= 15 is 0 Å². The minimum atomic E-state index is -0.610. The van der Waals surface area contributed by atoms with Gasteiger partial charge in [0, 0.05) is 12.1 Å². The second-order valence-corrected chi connectivity index (χ2v) is 4.88. The van der Waals surface area contributed by atoms with Crippen molar-refractivity contribution >= 4 is 6.09 Å². The van der Waals surface area contributed by atoms with Crippen LogP contribution in [0.5, 0.6) is 0 Å². The molecule has 0 atom stereocenters. The third-order valence-electron chi connectivity index (χ3n) is 2.10. The number of amides is 1. The van der Waals surface area contributed by atoms with Crippen LogP contribution in [0.4, 0.5) is 13.6 Å². The van der Waals surface area contributed by atoms with Crippen LogP contribution in [0.2, 0.25) is 0 Å². The molecule has 1 aromatic rings. The third-order valence-corrected chi connectivity index (χ3v) is 2.10. The zero-order chi connectivity index (χ0) is 13.8. The topological polar surface area (TPSA) is 38.3 Å². The third kappa shape index (κ3) is 4.69. The molecular formula is C13H17F2NO2. The average Bonchev–Trinajstić information content (AvgIpc) is 2.19. The molecule has 100 valence electrons. The van der Waals surface area contributed by atoms with Crippen LogP contribution in [-0.4, -0.2) is 18.2 Å². The summed E-state index contributed by atoms with van der Waals surface area (Å²) in [5.41, 5.74) is -0.624. The molecule has 0 aromatic heterocycles. The number of benzene rings is 1. The Morgan fingerprint density at radius 2 is 1.83 bits per heavy atom. The molecule has 5 heteroatoms. The summed E-state index contributed by atoms with van der Waals surface area (Å²) < 4.78 is 31.5. The van der Waals surface area contributed by atoms with Crippen LogP contribution in [0, 0.1) is 11.6 Å². The summed E-state index contributed by atoms with van der Waals surface area (Å²) in [4.78, 5) is 11.3. The van der Waals surface area contributed by atoms with Gasteiger partial charge in [0.2, 0.25) is 0 Å². The first-order valence-electron chi connectivity index (χ1n) is 5.69. The van der Waals surface area contributed by atoms with Crippen LogP contribution in [-0.2, 0) is 11.2 Å². The largest absolute Gasteiger partial charge is 0.444 e. The molecule has 1 amide bonds. The summed E-state index contributed by atoms with van der Waals surface area (Å²) >= 11 is 0. The number of carbonyl (C=O) groups is 1. The molecule has 0 saturated carbocycles. The van der Waals surface area contributed by atoms with Gasteiger partial charge < -0.3 is 10.1 Å². The molecule has 1 aromatic carbocycles. The Labute approximate surface area is 105 Å². The number of rotatable bonds is 3. The molecule has 0 aliphatic heterocycles. The lowest BCUT2D eigenvalue weighted by Crippen LogP contribution is -2.33. The van der Waals surface area contributed by atoms with E-state index in [2.05, 4.69) is 5.32 Å². The number of ether oxygens (including phenoxy) is 1. The second kappa shape index (κ2) is 5.80. The van der Waals surface area contributed by atoms with Gasteiger partial charge in [0.25, 0.3) is 0 Å². The number of alkyl carbamates (subject to hydrolysis) is 1. The minimum Gasteiger partial charge on any atom is -0.444 e. The Hall–Kier alpha value is -1.65. The molecule has 3 nitrogen and oxygen atoms in total. The van der Waals surface area contributed by atoms with E-state index < -0.39 is 23.3 Å². The van der Waals surface area contributed by atoms with E-state index in [9.17, 15) is 13.6 Å². The number of halogens is 2. The fourth-order valence-electron chi connectivity index (χ4n) is 1.37. The van der Waals surface area contributed by atoms with E-state index in [0.29, 0.717) is 0 Å². The van der Waals surface area contributed by atoms with Crippen LogP contribution in [0.1, 0.15) is 26.3 Å². The van der Waals surface area contributed by atoms with E-state index in [1.54, 1.807) is 20.8 Å². The lowest BCUT2D eigenvalue weighted by molar-refractivity contribution is 0.0528. The zero-order valence-corrected chi connectivity index (χ0v) is 10.7. The molecule has 0 saturated heterocycles. The molecule has 0 aliphatic carbocycles. The maximum absolute atomic E-state index is 13.3. The highest BCUT2D eigenvalue weighted by Crippen LogP contribution is 2.12. The highest BCUT2D eigenvalue weighted by atomic mass is 19.1. The summed E-state index contributed by atoms with van der Waals surface area (Å²) in [6, 6.07) is 3.67. The van der Waals surface area contributed by atoms with Gasteiger partial charge in [-0.15, -0.1) is 0 Å². The van der Waals surface area contributed by atoms with E-state index in [1.807, 2.05) is 0 Å². The van der Waals surface area contributed by atoms with Crippen molar-refractivity contribution in [1.29, 1.82) is 0 Å². The van der Waals surface area contributed by atoms with Gasteiger partial charge in [-0.25, -0.2) is 13.6 Å².